The van der Waals surface area contributed by atoms with Crippen LogP contribution >= 0.6 is 0 Å². The molecule has 1 saturated heterocycles. The molecule has 4 nitrogen and oxygen atoms in total. The lowest BCUT2D eigenvalue weighted by Gasteiger charge is -2.27. The van der Waals surface area contributed by atoms with Crippen LogP contribution in [0.1, 0.15) is 37.3 Å². The molecule has 2 heterocycles. The first kappa shape index (κ1) is 12.5. The van der Waals surface area contributed by atoms with Crippen LogP contribution in [0.25, 0.3) is 0 Å². The molecular formula is C13H22N4. The highest BCUT2D eigenvalue weighted by atomic mass is 15.2. The third-order valence-electron chi connectivity index (χ3n) is 3.54. The third kappa shape index (κ3) is 2.64. The molecule has 1 aliphatic rings. The van der Waals surface area contributed by atoms with Crippen LogP contribution in [0.15, 0.2) is 12.3 Å². The molecule has 1 aromatic heterocycles. The minimum Gasteiger partial charge on any atom is -0.330 e. The minimum absolute atomic E-state index is 0.390. The zero-order chi connectivity index (χ0) is 12.3. The fourth-order valence-corrected chi connectivity index (χ4v) is 2.78. The van der Waals surface area contributed by atoms with E-state index in [1.807, 2.05) is 19.2 Å². The molecule has 0 aliphatic carbocycles. The molecule has 2 rings (SSSR count). The number of nitrogens with two attached hydrogens (primary N) is 1. The van der Waals surface area contributed by atoms with Gasteiger partial charge in [0.2, 0.25) is 0 Å². The number of aromatic nitrogens is 2. The van der Waals surface area contributed by atoms with E-state index in [1.165, 1.54) is 12.8 Å². The van der Waals surface area contributed by atoms with E-state index >= 15 is 0 Å². The van der Waals surface area contributed by atoms with E-state index in [2.05, 4.69) is 21.8 Å². The van der Waals surface area contributed by atoms with Crippen LogP contribution < -0.4 is 5.73 Å². The second-order valence-electron chi connectivity index (χ2n) is 4.79. The van der Waals surface area contributed by atoms with Crippen molar-refractivity contribution in [3.05, 3.63) is 23.8 Å². The predicted molar refractivity (Wildman–Crippen MR) is 68.5 cm³/mol. The van der Waals surface area contributed by atoms with Crippen molar-refractivity contribution in [2.45, 2.75) is 32.7 Å². The van der Waals surface area contributed by atoms with E-state index in [9.17, 15) is 0 Å². The van der Waals surface area contributed by atoms with Crippen LogP contribution in [-0.2, 0) is 0 Å². The maximum atomic E-state index is 5.89. The van der Waals surface area contributed by atoms with Crippen molar-refractivity contribution in [2.75, 3.05) is 19.6 Å². The summed E-state index contributed by atoms with van der Waals surface area (Å²) in [5.74, 6) is 1.39. The average molecular weight is 234 g/mol. The summed E-state index contributed by atoms with van der Waals surface area (Å²) in [5.41, 5.74) is 7.03. The molecule has 2 unspecified atom stereocenters. The Morgan fingerprint density at radius 3 is 3.00 bits per heavy atom. The Morgan fingerprint density at radius 1 is 1.53 bits per heavy atom. The van der Waals surface area contributed by atoms with E-state index in [0.29, 0.717) is 12.0 Å². The summed E-state index contributed by atoms with van der Waals surface area (Å²) in [4.78, 5) is 11.3. The SMILES string of the molecule is CCCN1CCC(CN)C1c1ccnc(C)n1. The normalized spacial score (nSPS) is 25.4. The Kier molecular flexibility index (Phi) is 4.07. The summed E-state index contributed by atoms with van der Waals surface area (Å²) in [6.45, 7) is 7.18. The molecule has 17 heavy (non-hydrogen) atoms. The lowest BCUT2D eigenvalue weighted by molar-refractivity contribution is 0.225. The molecule has 1 fully saturated rings. The number of hydrogen-bond donors (Lipinski definition) is 1. The van der Waals surface area contributed by atoms with Crippen molar-refractivity contribution < 1.29 is 0 Å². The smallest absolute Gasteiger partial charge is 0.125 e. The molecule has 2 atom stereocenters. The first-order chi connectivity index (χ1) is 8.26. The summed E-state index contributed by atoms with van der Waals surface area (Å²) in [5, 5.41) is 0. The van der Waals surface area contributed by atoms with Gasteiger partial charge >= 0.3 is 0 Å². The lowest BCUT2D eigenvalue weighted by Crippen LogP contribution is -2.29. The second-order valence-corrected chi connectivity index (χ2v) is 4.79. The Bertz CT molecular complexity index is 366. The lowest BCUT2D eigenvalue weighted by atomic mass is 9.97. The van der Waals surface area contributed by atoms with Gasteiger partial charge in [0.1, 0.15) is 5.82 Å². The monoisotopic (exact) mass is 234 g/mol. The molecule has 4 heteroatoms. The molecule has 1 aliphatic heterocycles. The summed E-state index contributed by atoms with van der Waals surface area (Å²) < 4.78 is 0. The van der Waals surface area contributed by atoms with E-state index in [-0.39, 0.29) is 0 Å². The van der Waals surface area contributed by atoms with Crippen LogP contribution in [0.2, 0.25) is 0 Å². The summed E-state index contributed by atoms with van der Waals surface area (Å²) in [7, 11) is 0. The van der Waals surface area contributed by atoms with E-state index in [4.69, 9.17) is 5.73 Å². The molecule has 0 bridgehead atoms. The van der Waals surface area contributed by atoms with Crippen LogP contribution in [0.4, 0.5) is 0 Å². The number of rotatable bonds is 4. The molecule has 0 radical (unpaired) electrons. The van der Waals surface area contributed by atoms with Gasteiger partial charge in [-0.25, -0.2) is 9.97 Å². The van der Waals surface area contributed by atoms with Crippen LogP contribution in [-0.4, -0.2) is 34.5 Å². The van der Waals surface area contributed by atoms with Crippen molar-refractivity contribution >= 4 is 0 Å². The van der Waals surface area contributed by atoms with Gasteiger partial charge in [0, 0.05) is 6.20 Å². The highest BCUT2D eigenvalue weighted by molar-refractivity contribution is 5.11. The number of likely N-dealkylation sites (tertiary alicyclic amines) is 1. The van der Waals surface area contributed by atoms with E-state index in [1.54, 1.807) is 0 Å². The van der Waals surface area contributed by atoms with Crippen LogP contribution in [0.3, 0.4) is 0 Å². The number of aryl methyl sites for hydroxylation is 1. The Balaban J connectivity index is 2.24. The zero-order valence-corrected chi connectivity index (χ0v) is 10.8. The zero-order valence-electron chi connectivity index (χ0n) is 10.8. The van der Waals surface area contributed by atoms with E-state index in [0.717, 1.165) is 31.2 Å². The number of nitrogens with zero attached hydrogens (tertiary/aromatic N) is 3. The van der Waals surface area contributed by atoms with Crippen molar-refractivity contribution in [2.24, 2.45) is 11.7 Å². The second kappa shape index (κ2) is 5.56. The largest absolute Gasteiger partial charge is 0.330 e. The summed E-state index contributed by atoms with van der Waals surface area (Å²) in [6, 6.07) is 2.43. The minimum atomic E-state index is 0.390. The van der Waals surface area contributed by atoms with Gasteiger partial charge in [-0.2, -0.15) is 0 Å². The Labute approximate surface area is 103 Å². The van der Waals surface area contributed by atoms with Gasteiger partial charge in [-0.1, -0.05) is 6.92 Å². The quantitative estimate of drug-likeness (QED) is 0.858. The number of hydrogen-bond acceptors (Lipinski definition) is 4. The molecule has 2 N–H and O–H groups in total. The molecule has 94 valence electrons. The molecular weight excluding hydrogens is 212 g/mol. The van der Waals surface area contributed by atoms with Gasteiger partial charge in [0.25, 0.3) is 0 Å². The first-order valence-electron chi connectivity index (χ1n) is 6.50. The van der Waals surface area contributed by atoms with Crippen molar-refractivity contribution in [1.82, 2.24) is 14.9 Å². The van der Waals surface area contributed by atoms with Gasteiger partial charge in [0.15, 0.2) is 0 Å². The maximum Gasteiger partial charge on any atom is 0.125 e. The highest BCUT2D eigenvalue weighted by Crippen LogP contribution is 2.35. The molecule has 0 amide bonds. The first-order valence-corrected chi connectivity index (χ1v) is 6.50. The van der Waals surface area contributed by atoms with Crippen molar-refractivity contribution in [3.63, 3.8) is 0 Å². The maximum absolute atomic E-state index is 5.89. The van der Waals surface area contributed by atoms with Crippen LogP contribution in [0.5, 0.6) is 0 Å². The van der Waals surface area contributed by atoms with E-state index < -0.39 is 0 Å². The van der Waals surface area contributed by atoms with Crippen molar-refractivity contribution in [1.29, 1.82) is 0 Å². The van der Waals surface area contributed by atoms with Crippen LogP contribution in [0, 0.1) is 12.8 Å². The van der Waals surface area contributed by atoms with Gasteiger partial charge < -0.3 is 5.73 Å². The molecule has 1 aromatic rings. The van der Waals surface area contributed by atoms with Crippen molar-refractivity contribution in [3.8, 4) is 0 Å². The molecule has 0 saturated carbocycles. The Hall–Kier alpha value is -1.00. The van der Waals surface area contributed by atoms with Gasteiger partial charge in [-0.05, 0) is 51.4 Å². The topological polar surface area (TPSA) is 55.0 Å². The third-order valence-corrected chi connectivity index (χ3v) is 3.54. The summed E-state index contributed by atoms with van der Waals surface area (Å²) in [6.07, 6.45) is 4.22. The van der Waals surface area contributed by atoms with Gasteiger partial charge in [-0.15, -0.1) is 0 Å². The van der Waals surface area contributed by atoms with Gasteiger partial charge in [-0.3, -0.25) is 4.90 Å². The average Bonchev–Trinajstić information content (AvgIpc) is 2.72. The van der Waals surface area contributed by atoms with Gasteiger partial charge in [0.05, 0.1) is 11.7 Å². The highest BCUT2D eigenvalue weighted by Gasteiger charge is 2.34. The Morgan fingerprint density at radius 2 is 2.35 bits per heavy atom. The molecule has 0 spiro atoms. The molecule has 0 aromatic carbocycles. The predicted octanol–water partition coefficient (Wildman–Crippen LogP) is 1.52. The fourth-order valence-electron chi connectivity index (χ4n) is 2.78. The fraction of sp³-hybridized carbons (Fsp3) is 0.692. The standard InChI is InChI=1S/C13H22N4/c1-3-7-17-8-5-11(9-14)13(17)12-4-6-15-10(2)16-12/h4,6,11,13H,3,5,7-9,14H2,1-2H3. The summed E-state index contributed by atoms with van der Waals surface area (Å²) >= 11 is 0.